The van der Waals surface area contributed by atoms with Gasteiger partial charge in [-0.1, -0.05) is 12.8 Å². The Labute approximate surface area is 104 Å². The monoisotopic (exact) mass is 236 g/mol. The molecule has 0 atom stereocenters. The maximum atomic E-state index is 5.57. The number of rotatable bonds is 6. The maximum Gasteiger partial charge on any atom is 0.118 e. The van der Waals surface area contributed by atoms with Crippen LogP contribution in [0.1, 0.15) is 37.2 Å². The fraction of sp³-hybridized carbons (Fsp3) is 0.714. The van der Waals surface area contributed by atoms with Crippen LogP contribution in [0, 0.1) is 6.92 Å². The topological polar surface area (TPSA) is 28.4 Å². The van der Waals surface area contributed by atoms with Crippen LogP contribution in [0.5, 0.6) is 0 Å². The first kappa shape index (κ1) is 12.7. The summed E-state index contributed by atoms with van der Waals surface area (Å²) in [5, 5.41) is 3.63. The van der Waals surface area contributed by atoms with Crippen LogP contribution in [0.4, 0.5) is 0 Å². The van der Waals surface area contributed by atoms with E-state index in [-0.39, 0.29) is 0 Å². The van der Waals surface area contributed by atoms with Crippen molar-refractivity contribution >= 4 is 0 Å². The van der Waals surface area contributed by atoms with Crippen LogP contribution in [0.2, 0.25) is 0 Å². The Morgan fingerprint density at radius 2 is 2.12 bits per heavy atom. The van der Waals surface area contributed by atoms with Gasteiger partial charge in [-0.3, -0.25) is 4.90 Å². The van der Waals surface area contributed by atoms with Crippen molar-refractivity contribution in [2.24, 2.45) is 0 Å². The molecule has 17 heavy (non-hydrogen) atoms. The van der Waals surface area contributed by atoms with Gasteiger partial charge in [0.15, 0.2) is 0 Å². The third kappa shape index (κ3) is 4.17. The molecule has 1 aromatic heterocycles. The van der Waals surface area contributed by atoms with Crippen molar-refractivity contribution in [2.45, 2.75) is 45.2 Å². The largest absolute Gasteiger partial charge is 0.465 e. The lowest BCUT2D eigenvalue weighted by atomic mass is 10.2. The van der Waals surface area contributed by atoms with Crippen molar-refractivity contribution in [1.82, 2.24) is 10.2 Å². The van der Waals surface area contributed by atoms with E-state index in [0.717, 1.165) is 37.2 Å². The van der Waals surface area contributed by atoms with Crippen LogP contribution >= 0.6 is 0 Å². The van der Waals surface area contributed by atoms with E-state index < -0.39 is 0 Å². The molecule has 1 fully saturated rings. The Morgan fingerprint density at radius 3 is 2.76 bits per heavy atom. The normalized spacial score (nSPS) is 17.1. The highest BCUT2D eigenvalue weighted by Crippen LogP contribution is 2.17. The molecule has 0 amide bonds. The van der Waals surface area contributed by atoms with Gasteiger partial charge in [-0.25, -0.2) is 0 Å². The second-order valence-electron chi connectivity index (χ2n) is 5.19. The summed E-state index contributed by atoms with van der Waals surface area (Å²) < 4.78 is 5.57. The highest BCUT2D eigenvalue weighted by Gasteiger charge is 2.13. The molecular weight excluding hydrogens is 212 g/mol. The van der Waals surface area contributed by atoms with Crippen molar-refractivity contribution in [2.75, 3.05) is 20.1 Å². The minimum Gasteiger partial charge on any atom is -0.465 e. The molecular formula is C14H24N2O. The van der Waals surface area contributed by atoms with E-state index in [0.29, 0.717) is 0 Å². The molecule has 96 valence electrons. The summed E-state index contributed by atoms with van der Waals surface area (Å²) in [5.41, 5.74) is 0. The SMILES string of the molecule is Cc1ccc(CN(C)CCNC2CCCC2)o1. The van der Waals surface area contributed by atoms with E-state index in [2.05, 4.69) is 23.3 Å². The number of likely N-dealkylation sites (N-methyl/N-ethyl adjacent to an activating group) is 1. The van der Waals surface area contributed by atoms with Gasteiger partial charge in [0.05, 0.1) is 6.54 Å². The maximum absolute atomic E-state index is 5.57. The summed E-state index contributed by atoms with van der Waals surface area (Å²) >= 11 is 0. The lowest BCUT2D eigenvalue weighted by molar-refractivity contribution is 0.286. The standard InChI is InChI=1S/C14H24N2O/c1-12-7-8-14(17-12)11-16(2)10-9-15-13-5-3-4-6-13/h7-8,13,15H,3-6,9-11H2,1-2H3. The third-order valence-electron chi connectivity index (χ3n) is 3.50. The summed E-state index contributed by atoms with van der Waals surface area (Å²) in [6.07, 6.45) is 5.53. The molecule has 1 aromatic rings. The average molecular weight is 236 g/mol. The van der Waals surface area contributed by atoms with Gasteiger partial charge in [-0.05, 0) is 38.9 Å². The summed E-state index contributed by atoms with van der Waals surface area (Å²) in [4.78, 5) is 2.31. The van der Waals surface area contributed by atoms with Crippen molar-refractivity contribution in [1.29, 1.82) is 0 Å². The van der Waals surface area contributed by atoms with E-state index in [4.69, 9.17) is 4.42 Å². The van der Waals surface area contributed by atoms with Crippen molar-refractivity contribution in [3.05, 3.63) is 23.7 Å². The van der Waals surface area contributed by atoms with Crippen LogP contribution in [0.15, 0.2) is 16.5 Å². The predicted molar refractivity (Wildman–Crippen MR) is 70.0 cm³/mol. The number of hydrogen-bond donors (Lipinski definition) is 1. The van der Waals surface area contributed by atoms with Crippen LogP contribution in [0.25, 0.3) is 0 Å². The second-order valence-corrected chi connectivity index (χ2v) is 5.19. The first-order valence-electron chi connectivity index (χ1n) is 6.71. The van der Waals surface area contributed by atoms with Crippen molar-refractivity contribution < 1.29 is 4.42 Å². The predicted octanol–water partition coefficient (Wildman–Crippen LogP) is 2.55. The Kier molecular flexibility index (Phi) is 4.63. The average Bonchev–Trinajstić information content (AvgIpc) is 2.90. The smallest absolute Gasteiger partial charge is 0.118 e. The quantitative estimate of drug-likeness (QED) is 0.823. The lowest BCUT2D eigenvalue weighted by Crippen LogP contribution is -2.34. The lowest BCUT2D eigenvalue weighted by Gasteiger charge is -2.17. The minimum absolute atomic E-state index is 0.772. The second kappa shape index (κ2) is 6.22. The Hall–Kier alpha value is -0.800. The van der Waals surface area contributed by atoms with Crippen molar-refractivity contribution in [3.8, 4) is 0 Å². The number of nitrogens with one attached hydrogen (secondary N) is 1. The van der Waals surface area contributed by atoms with Gasteiger partial charge in [0.25, 0.3) is 0 Å². The van der Waals surface area contributed by atoms with Crippen LogP contribution in [-0.4, -0.2) is 31.1 Å². The number of furan rings is 1. The van der Waals surface area contributed by atoms with E-state index in [9.17, 15) is 0 Å². The van der Waals surface area contributed by atoms with Crippen molar-refractivity contribution in [3.63, 3.8) is 0 Å². The fourth-order valence-corrected chi connectivity index (χ4v) is 2.50. The first-order valence-corrected chi connectivity index (χ1v) is 6.71. The fourth-order valence-electron chi connectivity index (χ4n) is 2.50. The summed E-state index contributed by atoms with van der Waals surface area (Å²) in [7, 11) is 2.15. The molecule has 1 heterocycles. The van der Waals surface area contributed by atoms with Gasteiger partial charge in [-0.2, -0.15) is 0 Å². The molecule has 1 N–H and O–H groups in total. The van der Waals surface area contributed by atoms with Gasteiger partial charge in [0.1, 0.15) is 11.5 Å². The first-order chi connectivity index (χ1) is 8.24. The zero-order valence-electron chi connectivity index (χ0n) is 11.0. The van der Waals surface area contributed by atoms with Gasteiger partial charge in [-0.15, -0.1) is 0 Å². The molecule has 0 spiro atoms. The van der Waals surface area contributed by atoms with Gasteiger partial charge < -0.3 is 9.73 Å². The molecule has 1 aliphatic rings. The number of hydrogen-bond acceptors (Lipinski definition) is 3. The molecule has 0 aliphatic heterocycles. The van der Waals surface area contributed by atoms with Gasteiger partial charge >= 0.3 is 0 Å². The molecule has 0 saturated heterocycles. The molecule has 3 nitrogen and oxygen atoms in total. The zero-order chi connectivity index (χ0) is 12.1. The molecule has 0 unspecified atom stereocenters. The summed E-state index contributed by atoms with van der Waals surface area (Å²) in [5.74, 6) is 2.06. The van der Waals surface area contributed by atoms with Crippen LogP contribution in [-0.2, 0) is 6.54 Å². The highest BCUT2D eigenvalue weighted by molar-refractivity contribution is 5.05. The van der Waals surface area contributed by atoms with Crippen LogP contribution in [0.3, 0.4) is 0 Å². The van der Waals surface area contributed by atoms with Crippen LogP contribution < -0.4 is 5.32 Å². The molecule has 1 saturated carbocycles. The molecule has 3 heteroatoms. The van der Waals surface area contributed by atoms with Gasteiger partial charge in [0.2, 0.25) is 0 Å². The number of nitrogens with zero attached hydrogens (tertiary/aromatic N) is 1. The van der Waals surface area contributed by atoms with E-state index >= 15 is 0 Å². The Bertz CT molecular complexity index is 329. The molecule has 0 bridgehead atoms. The third-order valence-corrected chi connectivity index (χ3v) is 3.50. The van der Waals surface area contributed by atoms with E-state index in [1.165, 1.54) is 25.7 Å². The molecule has 0 radical (unpaired) electrons. The minimum atomic E-state index is 0.772. The zero-order valence-corrected chi connectivity index (χ0v) is 11.0. The summed E-state index contributed by atoms with van der Waals surface area (Å²) in [6.45, 7) is 5.06. The molecule has 1 aliphatic carbocycles. The number of aryl methyl sites for hydroxylation is 1. The van der Waals surface area contributed by atoms with E-state index in [1.807, 2.05) is 13.0 Å². The Balaban J connectivity index is 1.61. The Morgan fingerprint density at radius 1 is 1.35 bits per heavy atom. The van der Waals surface area contributed by atoms with Gasteiger partial charge in [0, 0.05) is 19.1 Å². The van der Waals surface area contributed by atoms with E-state index in [1.54, 1.807) is 0 Å². The molecule has 2 rings (SSSR count). The summed E-state index contributed by atoms with van der Waals surface area (Å²) in [6, 6.07) is 4.87. The molecule has 0 aromatic carbocycles. The highest BCUT2D eigenvalue weighted by atomic mass is 16.3.